The minimum absolute atomic E-state index is 0.352. The van der Waals surface area contributed by atoms with Crippen LogP contribution in [0.25, 0.3) is 22.3 Å². The van der Waals surface area contributed by atoms with Gasteiger partial charge >= 0.3 is 6.16 Å². The van der Waals surface area contributed by atoms with Crippen LogP contribution in [-0.4, -0.2) is 36.1 Å². The van der Waals surface area contributed by atoms with E-state index in [1.807, 2.05) is 122 Å². The van der Waals surface area contributed by atoms with Crippen molar-refractivity contribution in [2.45, 2.75) is 37.1 Å². The van der Waals surface area contributed by atoms with Crippen LogP contribution in [0.15, 0.2) is 170 Å². The van der Waals surface area contributed by atoms with Crippen LogP contribution in [0.5, 0.6) is 0 Å². The van der Waals surface area contributed by atoms with Crippen molar-refractivity contribution in [1.82, 2.24) is 30.0 Å². The molecule has 0 amide bonds. The van der Waals surface area contributed by atoms with Gasteiger partial charge in [0.05, 0.1) is 37.3 Å². The highest BCUT2D eigenvalue weighted by Crippen LogP contribution is 2.53. The minimum atomic E-state index is -0.852. The lowest BCUT2D eigenvalue weighted by molar-refractivity contribution is -0.0132. The van der Waals surface area contributed by atoms with E-state index in [2.05, 4.69) is 69.2 Å². The lowest BCUT2D eigenvalue weighted by Gasteiger charge is -2.27. The summed E-state index contributed by atoms with van der Waals surface area (Å²) in [5, 5.41) is 18.2. The summed E-state index contributed by atoms with van der Waals surface area (Å²) in [6.07, 6.45) is 1.19. The van der Waals surface area contributed by atoms with Gasteiger partial charge in [0.15, 0.2) is 12.2 Å². The van der Waals surface area contributed by atoms with Crippen LogP contribution in [0.1, 0.15) is 68.8 Å². The Morgan fingerprint density at radius 1 is 0.464 bits per heavy atom. The summed E-state index contributed by atoms with van der Waals surface area (Å²) < 4.78 is 16.7. The molecule has 0 fully saturated rings. The number of benzene rings is 6. The second kappa shape index (κ2) is 14.3. The topological polar surface area (TPSA) is 97.0 Å². The molecule has 8 aromatic rings. The highest BCUT2D eigenvalue weighted by molar-refractivity contribution is 5.80. The van der Waals surface area contributed by atoms with Gasteiger partial charge in [-0.2, -0.15) is 0 Å². The van der Waals surface area contributed by atoms with Crippen molar-refractivity contribution in [3.8, 4) is 22.3 Å². The fourth-order valence-electron chi connectivity index (χ4n) is 8.46. The normalized spacial score (nSPS) is 14.0. The van der Waals surface area contributed by atoms with Gasteiger partial charge in [-0.05, 0) is 55.6 Å². The average Bonchev–Trinajstić information content (AvgIpc) is 4.04. The van der Waals surface area contributed by atoms with E-state index in [0.717, 1.165) is 55.6 Å². The van der Waals surface area contributed by atoms with Crippen LogP contribution < -0.4 is 0 Å². The number of carbonyl (C=O) groups excluding carboxylic acids is 1. The highest BCUT2D eigenvalue weighted by atomic mass is 16.7. The number of carbonyl (C=O) groups is 1. The molecule has 9 heteroatoms. The Morgan fingerprint density at radius 3 is 1.14 bits per heavy atom. The molecule has 0 saturated heterocycles. The van der Waals surface area contributed by atoms with Crippen LogP contribution in [0.3, 0.4) is 0 Å². The van der Waals surface area contributed by atoms with Gasteiger partial charge in [0.25, 0.3) is 0 Å². The molecule has 2 unspecified atom stereocenters. The summed E-state index contributed by atoms with van der Waals surface area (Å²) in [6, 6.07) is 53.2. The second-order valence-electron chi connectivity index (χ2n) is 14.3. The van der Waals surface area contributed by atoms with E-state index in [-0.39, 0.29) is 11.8 Å². The summed E-state index contributed by atoms with van der Waals surface area (Å²) in [4.78, 5) is 14.6. The maximum atomic E-state index is 14.6. The smallest absolute Gasteiger partial charge is 0.423 e. The molecule has 2 aromatic heterocycles. The van der Waals surface area contributed by atoms with Crippen molar-refractivity contribution in [3.63, 3.8) is 0 Å². The second-order valence-corrected chi connectivity index (χ2v) is 14.3. The predicted molar refractivity (Wildman–Crippen MR) is 212 cm³/mol. The van der Waals surface area contributed by atoms with Gasteiger partial charge in [0.1, 0.15) is 11.4 Å². The monoisotopic (exact) mass is 732 g/mol. The zero-order valence-corrected chi connectivity index (χ0v) is 30.3. The number of rotatable bonds is 10. The SMILES string of the molecule is O=C(OC(c1cn(Cc2ccccc2)nn1)C1c2ccccc2-c2ccccc21)OC(c1cn(Cc2ccccc2)nn1)C1c2ccccc2-c2ccccc21. The molecule has 6 aromatic carbocycles. The highest BCUT2D eigenvalue weighted by Gasteiger charge is 2.42. The molecular weight excluding hydrogens is 697 g/mol. The Labute approximate surface area is 323 Å². The van der Waals surface area contributed by atoms with Crippen molar-refractivity contribution >= 4 is 6.16 Å². The van der Waals surface area contributed by atoms with Crippen LogP contribution in [0, 0.1) is 0 Å². The Hall–Kier alpha value is -7.13. The molecule has 0 N–H and O–H groups in total. The van der Waals surface area contributed by atoms with Gasteiger partial charge in [-0.3, -0.25) is 0 Å². The van der Waals surface area contributed by atoms with E-state index >= 15 is 0 Å². The van der Waals surface area contributed by atoms with Gasteiger partial charge in [-0.1, -0.05) is 168 Å². The zero-order chi connectivity index (χ0) is 37.4. The molecule has 9 nitrogen and oxygen atoms in total. The Kier molecular flexibility index (Phi) is 8.52. The molecule has 0 saturated carbocycles. The summed E-state index contributed by atoms with van der Waals surface area (Å²) in [6.45, 7) is 1.04. The molecule has 2 aliphatic carbocycles. The third kappa shape index (κ3) is 6.13. The minimum Gasteiger partial charge on any atom is -0.423 e. The number of ether oxygens (including phenoxy) is 2. The molecule has 56 heavy (non-hydrogen) atoms. The first-order valence-corrected chi connectivity index (χ1v) is 18.8. The van der Waals surface area contributed by atoms with E-state index in [1.54, 1.807) is 9.36 Å². The van der Waals surface area contributed by atoms with Crippen molar-refractivity contribution in [2.24, 2.45) is 0 Å². The van der Waals surface area contributed by atoms with Crippen LogP contribution in [-0.2, 0) is 22.6 Å². The van der Waals surface area contributed by atoms with Crippen LogP contribution >= 0.6 is 0 Å². The predicted octanol–water partition coefficient (Wildman–Crippen LogP) is 9.53. The Bertz CT molecular complexity index is 2400. The van der Waals surface area contributed by atoms with Crippen molar-refractivity contribution in [1.29, 1.82) is 0 Å². The molecule has 2 heterocycles. The van der Waals surface area contributed by atoms with Crippen LogP contribution in [0.2, 0.25) is 0 Å². The Morgan fingerprint density at radius 2 is 0.786 bits per heavy atom. The molecule has 10 rings (SSSR count). The van der Waals surface area contributed by atoms with E-state index in [0.29, 0.717) is 24.5 Å². The largest absolute Gasteiger partial charge is 0.509 e. The van der Waals surface area contributed by atoms with E-state index in [1.165, 1.54) is 0 Å². The van der Waals surface area contributed by atoms with Crippen molar-refractivity contribution in [2.75, 3.05) is 0 Å². The Balaban J connectivity index is 1.04. The summed E-state index contributed by atoms with van der Waals surface area (Å²) in [5.41, 5.74) is 11.8. The average molecular weight is 733 g/mol. The third-order valence-corrected chi connectivity index (χ3v) is 10.9. The molecule has 272 valence electrons. The van der Waals surface area contributed by atoms with E-state index < -0.39 is 18.4 Å². The molecular formula is C47H36N6O3. The maximum Gasteiger partial charge on any atom is 0.509 e. The van der Waals surface area contributed by atoms with Gasteiger partial charge < -0.3 is 9.47 Å². The summed E-state index contributed by atoms with van der Waals surface area (Å²) in [5.74, 6) is -0.704. The number of fused-ring (bicyclic) bond motifs is 6. The van der Waals surface area contributed by atoms with E-state index in [9.17, 15) is 4.79 Å². The molecule has 0 radical (unpaired) electrons. The number of hydrogen-bond acceptors (Lipinski definition) is 7. The standard InChI is InChI=1S/C47H36N6O3/c54-47(55-45(41-29-52(50-48-41)27-31-15-3-1-4-16-31)43-37-23-11-7-19-33(37)34-20-8-12-24-38(34)43)56-46(42-30-53(51-49-42)28-32-17-5-2-6-18-32)44-39-25-13-9-21-35(39)36-22-10-14-26-40(36)44/h1-26,29-30,43-46H,27-28H2. The maximum absolute atomic E-state index is 14.6. The first kappa shape index (κ1) is 33.4. The first-order chi connectivity index (χ1) is 27.7. The molecule has 2 atom stereocenters. The summed E-state index contributed by atoms with van der Waals surface area (Å²) >= 11 is 0. The van der Waals surface area contributed by atoms with Crippen molar-refractivity contribution in [3.05, 3.63) is 215 Å². The van der Waals surface area contributed by atoms with Gasteiger partial charge in [0, 0.05) is 0 Å². The van der Waals surface area contributed by atoms with Gasteiger partial charge in [-0.15, -0.1) is 10.2 Å². The fourth-order valence-corrected chi connectivity index (χ4v) is 8.46. The summed E-state index contributed by atoms with van der Waals surface area (Å²) in [7, 11) is 0. The van der Waals surface area contributed by atoms with E-state index in [4.69, 9.17) is 9.47 Å². The first-order valence-electron chi connectivity index (χ1n) is 18.8. The lowest BCUT2D eigenvalue weighted by Crippen LogP contribution is -2.24. The molecule has 2 aliphatic rings. The lowest BCUT2D eigenvalue weighted by atomic mass is 9.89. The van der Waals surface area contributed by atoms with Gasteiger partial charge in [-0.25, -0.2) is 14.2 Å². The zero-order valence-electron chi connectivity index (χ0n) is 30.3. The number of aromatic nitrogens is 6. The molecule has 0 spiro atoms. The number of nitrogens with zero attached hydrogens (tertiary/aromatic N) is 6. The molecule has 0 bridgehead atoms. The number of hydrogen-bond donors (Lipinski definition) is 0. The van der Waals surface area contributed by atoms with Crippen molar-refractivity contribution < 1.29 is 14.3 Å². The third-order valence-electron chi connectivity index (χ3n) is 10.9. The quantitative estimate of drug-likeness (QED) is 0.129. The van der Waals surface area contributed by atoms with Crippen LogP contribution in [0.4, 0.5) is 4.79 Å². The fraction of sp³-hybridized carbons (Fsp3) is 0.128. The molecule has 0 aliphatic heterocycles. The van der Waals surface area contributed by atoms with Gasteiger partial charge in [0.2, 0.25) is 0 Å².